The lowest BCUT2D eigenvalue weighted by atomic mass is 10.2. The van der Waals surface area contributed by atoms with E-state index >= 15 is 0 Å². The smallest absolute Gasteiger partial charge is 0.252 e. The molecule has 18 heavy (non-hydrogen) atoms. The lowest BCUT2D eigenvalue weighted by Crippen LogP contribution is -1.90. The topological polar surface area (TPSA) is 55.2 Å². The Hall–Kier alpha value is -1.82. The Bertz CT molecular complexity index is 716. The van der Waals surface area contributed by atoms with E-state index in [1.54, 1.807) is 11.6 Å². The second kappa shape index (κ2) is 4.13. The minimum Gasteiger partial charge on any atom is -0.496 e. The molecule has 3 rings (SSSR count). The van der Waals surface area contributed by atoms with Crippen molar-refractivity contribution >= 4 is 21.7 Å². The molecule has 0 amide bonds. The fourth-order valence-electron chi connectivity index (χ4n) is 1.86. The number of halogens is 1. The largest absolute Gasteiger partial charge is 0.496 e. The Balaban J connectivity index is 2.20. The van der Waals surface area contributed by atoms with Crippen LogP contribution in [0, 0.1) is 6.92 Å². The van der Waals surface area contributed by atoms with Crippen LogP contribution in [0.3, 0.4) is 0 Å². The number of aromatic nitrogens is 4. The average molecular weight is 307 g/mol. The molecule has 0 spiro atoms. The predicted octanol–water partition coefficient (Wildman–Crippen LogP) is 2.80. The quantitative estimate of drug-likeness (QED) is 0.792. The number of fused-ring (bicyclic) bond motifs is 1. The maximum absolute atomic E-state index is 5.32. The van der Waals surface area contributed by atoms with Crippen molar-refractivity contribution in [2.24, 2.45) is 0 Å². The molecule has 92 valence electrons. The van der Waals surface area contributed by atoms with Gasteiger partial charge in [-0.2, -0.15) is 4.98 Å². The van der Waals surface area contributed by atoms with Gasteiger partial charge in [-0.3, -0.25) is 5.10 Å². The van der Waals surface area contributed by atoms with Gasteiger partial charge in [0.2, 0.25) is 0 Å². The van der Waals surface area contributed by atoms with Crippen molar-refractivity contribution in [2.45, 2.75) is 6.92 Å². The number of ether oxygens (including phenoxy) is 1. The van der Waals surface area contributed by atoms with Gasteiger partial charge in [0, 0.05) is 0 Å². The number of rotatable bonds is 2. The summed E-state index contributed by atoms with van der Waals surface area (Å²) in [7, 11) is 1.65. The maximum Gasteiger partial charge on any atom is 0.252 e. The number of nitrogens with zero attached hydrogens (tertiary/aromatic N) is 3. The van der Waals surface area contributed by atoms with E-state index in [2.05, 4.69) is 31.0 Å². The molecule has 1 N–H and O–H groups in total. The molecule has 0 fully saturated rings. The number of benzene rings is 1. The second-order valence-corrected chi connectivity index (χ2v) is 4.65. The van der Waals surface area contributed by atoms with Crippen molar-refractivity contribution in [2.75, 3.05) is 7.11 Å². The normalized spacial score (nSPS) is 11.1. The van der Waals surface area contributed by atoms with Crippen molar-refractivity contribution < 1.29 is 4.74 Å². The lowest BCUT2D eigenvalue weighted by molar-refractivity contribution is 0.416. The van der Waals surface area contributed by atoms with Crippen molar-refractivity contribution in [1.29, 1.82) is 0 Å². The van der Waals surface area contributed by atoms with Crippen LogP contribution in [0.2, 0.25) is 0 Å². The fraction of sp³-hybridized carbons (Fsp3) is 0.167. The molecule has 0 aliphatic carbocycles. The predicted molar refractivity (Wildman–Crippen MR) is 71.8 cm³/mol. The number of para-hydroxylation sites is 1. The van der Waals surface area contributed by atoms with Gasteiger partial charge in [0.1, 0.15) is 10.4 Å². The second-order valence-electron chi connectivity index (χ2n) is 3.90. The third kappa shape index (κ3) is 1.60. The highest BCUT2D eigenvalue weighted by Gasteiger charge is 2.14. The van der Waals surface area contributed by atoms with Crippen LogP contribution >= 0.6 is 15.9 Å². The van der Waals surface area contributed by atoms with E-state index in [1.165, 1.54) is 0 Å². The summed E-state index contributed by atoms with van der Waals surface area (Å²) >= 11 is 3.47. The molecule has 0 saturated heterocycles. The summed E-state index contributed by atoms with van der Waals surface area (Å²) in [6, 6.07) is 7.73. The molecule has 0 saturated carbocycles. The molecule has 0 bridgehead atoms. The average Bonchev–Trinajstić information content (AvgIpc) is 2.91. The zero-order chi connectivity index (χ0) is 12.7. The van der Waals surface area contributed by atoms with Crippen molar-refractivity contribution in [3.63, 3.8) is 0 Å². The zero-order valence-electron chi connectivity index (χ0n) is 9.94. The first-order chi connectivity index (χ1) is 8.70. The van der Waals surface area contributed by atoms with E-state index in [4.69, 9.17) is 4.74 Å². The number of aryl methyl sites for hydroxylation is 1. The van der Waals surface area contributed by atoms with Crippen LogP contribution in [0.25, 0.3) is 17.2 Å². The van der Waals surface area contributed by atoms with Crippen LogP contribution < -0.4 is 4.74 Å². The number of nitrogens with one attached hydrogen (secondary N) is 1. The van der Waals surface area contributed by atoms with Gasteiger partial charge in [-0.15, -0.1) is 0 Å². The van der Waals surface area contributed by atoms with Gasteiger partial charge >= 0.3 is 0 Å². The first kappa shape index (κ1) is 11.3. The van der Waals surface area contributed by atoms with Crippen LogP contribution in [0.15, 0.2) is 28.9 Å². The summed E-state index contributed by atoms with van der Waals surface area (Å²) in [5.41, 5.74) is 1.82. The molecule has 0 aliphatic rings. The van der Waals surface area contributed by atoms with Crippen LogP contribution in [0.4, 0.5) is 0 Å². The summed E-state index contributed by atoms with van der Waals surface area (Å²) < 4.78 is 8.01. The van der Waals surface area contributed by atoms with Gasteiger partial charge in [-0.05, 0) is 35.0 Å². The molecular weight excluding hydrogens is 296 g/mol. The maximum atomic E-state index is 5.32. The van der Waals surface area contributed by atoms with Gasteiger partial charge in [-0.1, -0.05) is 12.1 Å². The number of hydrogen-bond donors (Lipinski definition) is 1. The highest BCUT2D eigenvalue weighted by atomic mass is 79.9. The molecule has 3 aromatic rings. The SMILES string of the molecule is COc1ccccc1-c1nc2nc(C)c(Br)n2[nH]1. The summed E-state index contributed by atoms with van der Waals surface area (Å²) in [4.78, 5) is 8.81. The van der Waals surface area contributed by atoms with E-state index in [0.29, 0.717) is 5.78 Å². The van der Waals surface area contributed by atoms with Gasteiger partial charge < -0.3 is 4.74 Å². The Morgan fingerprint density at radius 1 is 1.28 bits per heavy atom. The first-order valence-corrected chi connectivity index (χ1v) is 6.24. The molecule has 0 aliphatic heterocycles. The Morgan fingerprint density at radius 3 is 2.78 bits per heavy atom. The molecule has 0 atom stereocenters. The van der Waals surface area contributed by atoms with Gasteiger partial charge in [-0.25, -0.2) is 9.50 Å². The zero-order valence-corrected chi connectivity index (χ0v) is 11.5. The molecule has 6 heteroatoms. The van der Waals surface area contributed by atoms with E-state index in [1.807, 2.05) is 31.2 Å². The van der Waals surface area contributed by atoms with Crippen LogP contribution in [0.1, 0.15) is 5.69 Å². The molecule has 5 nitrogen and oxygen atoms in total. The number of hydrogen-bond acceptors (Lipinski definition) is 3. The third-order valence-corrected chi connectivity index (χ3v) is 3.68. The number of aromatic amines is 1. The summed E-state index contributed by atoms with van der Waals surface area (Å²) in [6.45, 7) is 1.93. The standard InChI is InChI=1S/C12H11BrN4O/c1-7-10(13)17-12(14-7)15-11(16-17)8-5-3-4-6-9(8)18-2/h3-6H,1-2H3,(H,14,15,16). The Kier molecular flexibility index (Phi) is 2.59. The summed E-state index contributed by atoms with van der Waals surface area (Å²) in [5, 5.41) is 3.19. The van der Waals surface area contributed by atoms with E-state index < -0.39 is 0 Å². The molecule has 0 radical (unpaired) electrons. The van der Waals surface area contributed by atoms with Crippen molar-refractivity contribution in [3.8, 4) is 17.1 Å². The van der Waals surface area contributed by atoms with Crippen LogP contribution in [0.5, 0.6) is 5.75 Å². The highest BCUT2D eigenvalue weighted by Crippen LogP contribution is 2.28. The molecule has 0 unspecified atom stereocenters. The van der Waals surface area contributed by atoms with Gasteiger partial charge in [0.25, 0.3) is 5.78 Å². The first-order valence-electron chi connectivity index (χ1n) is 5.44. The molecule has 2 heterocycles. The molecule has 2 aromatic heterocycles. The Morgan fingerprint density at radius 2 is 2.06 bits per heavy atom. The third-order valence-electron chi connectivity index (χ3n) is 2.75. The number of H-pyrrole nitrogens is 1. The van der Waals surface area contributed by atoms with E-state index in [0.717, 1.165) is 27.4 Å². The minimum atomic E-state index is 0.639. The van der Waals surface area contributed by atoms with Gasteiger partial charge in [0.05, 0.1) is 18.4 Å². The molecular formula is C12H11BrN4O. The van der Waals surface area contributed by atoms with Crippen LogP contribution in [-0.4, -0.2) is 26.7 Å². The minimum absolute atomic E-state index is 0.639. The monoisotopic (exact) mass is 306 g/mol. The van der Waals surface area contributed by atoms with Crippen LogP contribution in [-0.2, 0) is 0 Å². The van der Waals surface area contributed by atoms with Gasteiger partial charge in [0.15, 0.2) is 5.82 Å². The van der Waals surface area contributed by atoms with E-state index in [9.17, 15) is 0 Å². The Labute approximate surface area is 112 Å². The van der Waals surface area contributed by atoms with E-state index in [-0.39, 0.29) is 0 Å². The summed E-state index contributed by atoms with van der Waals surface area (Å²) in [5.74, 6) is 2.15. The van der Waals surface area contributed by atoms with Crippen molar-refractivity contribution in [1.82, 2.24) is 19.6 Å². The van der Waals surface area contributed by atoms with Crippen molar-refractivity contribution in [3.05, 3.63) is 34.6 Å². The lowest BCUT2D eigenvalue weighted by Gasteiger charge is -2.04. The fourth-order valence-corrected chi connectivity index (χ4v) is 2.20. The number of methoxy groups -OCH3 is 1. The summed E-state index contributed by atoms with van der Waals surface area (Å²) in [6.07, 6.45) is 0. The highest BCUT2D eigenvalue weighted by molar-refractivity contribution is 9.10. The molecule has 1 aromatic carbocycles. The number of imidazole rings is 1.